The maximum absolute atomic E-state index is 4.34. The molecule has 2 aromatic heterocycles. The van der Waals surface area contributed by atoms with Crippen molar-refractivity contribution in [2.24, 2.45) is 0 Å². The Labute approximate surface area is 117 Å². The summed E-state index contributed by atoms with van der Waals surface area (Å²) < 4.78 is 1.95. The van der Waals surface area contributed by atoms with Crippen LogP contribution >= 0.6 is 0 Å². The average Bonchev–Trinajstić information content (AvgIpc) is 2.87. The van der Waals surface area contributed by atoms with Gasteiger partial charge in [0.05, 0.1) is 6.20 Å². The number of para-hydroxylation sites is 1. The molecule has 0 unspecified atom stereocenters. The molecule has 2 heterocycles. The third-order valence-corrected chi connectivity index (χ3v) is 2.86. The Morgan fingerprint density at radius 1 is 1.00 bits per heavy atom. The smallest absolute Gasteiger partial charge is 0.228 e. The van der Waals surface area contributed by atoms with Gasteiger partial charge in [-0.15, -0.1) is 0 Å². The van der Waals surface area contributed by atoms with Crippen molar-refractivity contribution in [1.82, 2.24) is 19.5 Å². The van der Waals surface area contributed by atoms with Crippen molar-refractivity contribution in [3.8, 4) is 5.69 Å². The monoisotopic (exact) mass is 265 g/mol. The van der Waals surface area contributed by atoms with Gasteiger partial charge in [-0.2, -0.15) is 0 Å². The van der Waals surface area contributed by atoms with Crippen molar-refractivity contribution in [2.75, 3.05) is 5.32 Å². The average molecular weight is 265 g/mol. The van der Waals surface area contributed by atoms with Crippen molar-refractivity contribution in [3.05, 3.63) is 60.3 Å². The molecule has 0 aliphatic heterocycles. The van der Waals surface area contributed by atoms with E-state index in [4.69, 9.17) is 0 Å². The van der Waals surface area contributed by atoms with Gasteiger partial charge in [0, 0.05) is 17.1 Å². The zero-order valence-electron chi connectivity index (χ0n) is 11.4. The SMILES string of the molecule is Cc1cc(C)nc(Nc2cn(-c3ccccc3)cn2)n1. The van der Waals surface area contributed by atoms with Crippen LogP contribution in [0.2, 0.25) is 0 Å². The summed E-state index contributed by atoms with van der Waals surface area (Å²) >= 11 is 0. The first-order valence-electron chi connectivity index (χ1n) is 6.39. The topological polar surface area (TPSA) is 55.6 Å². The number of hydrogen-bond acceptors (Lipinski definition) is 4. The molecule has 0 spiro atoms. The van der Waals surface area contributed by atoms with E-state index in [0.717, 1.165) is 22.9 Å². The largest absolute Gasteiger partial charge is 0.307 e. The molecule has 0 aliphatic carbocycles. The number of nitrogens with zero attached hydrogens (tertiary/aromatic N) is 4. The Balaban J connectivity index is 1.84. The number of aryl methyl sites for hydroxylation is 2. The number of imidazole rings is 1. The molecule has 1 N–H and O–H groups in total. The molecule has 0 atom stereocenters. The lowest BCUT2D eigenvalue weighted by Crippen LogP contribution is -2.00. The second-order valence-corrected chi connectivity index (χ2v) is 4.60. The van der Waals surface area contributed by atoms with E-state index in [9.17, 15) is 0 Å². The second-order valence-electron chi connectivity index (χ2n) is 4.60. The summed E-state index contributed by atoms with van der Waals surface area (Å²) in [6, 6.07) is 12.0. The summed E-state index contributed by atoms with van der Waals surface area (Å²) in [7, 11) is 0. The third kappa shape index (κ3) is 2.66. The Morgan fingerprint density at radius 3 is 2.40 bits per heavy atom. The van der Waals surface area contributed by atoms with Crippen LogP contribution in [0.1, 0.15) is 11.4 Å². The van der Waals surface area contributed by atoms with Crippen LogP contribution in [0.4, 0.5) is 11.8 Å². The molecule has 5 heteroatoms. The Bertz CT molecular complexity index is 698. The van der Waals surface area contributed by atoms with Gasteiger partial charge in [-0.3, -0.25) is 0 Å². The minimum atomic E-state index is 0.570. The van der Waals surface area contributed by atoms with E-state index in [2.05, 4.69) is 20.3 Å². The molecule has 0 radical (unpaired) electrons. The van der Waals surface area contributed by atoms with Crippen molar-refractivity contribution < 1.29 is 0 Å². The maximum Gasteiger partial charge on any atom is 0.228 e. The molecule has 0 fully saturated rings. The van der Waals surface area contributed by atoms with Crippen molar-refractivity contribution >= 4 is 11.8 Å². The number of aromatic nitrogens is 4. The predicted molar refractivity (Wildman–Crippen MR) is 78.4 cm³/mol. The van der Waals surface area contributed by atoms with Crippen LogP contribution in [0.15, 0.2) is 48.9 Å². The first-order chi connectivity index (χ1) is 9.70. The van der Waals surface area contributed by atoms with Crippen molar-refractivity contribution in [3.63, 3.8) is 0 Å². The van der Waals surface area contributed by atoms with Gasteiger partial charge in [0.1, 0.15) is 6.33 Å². The molecule has 3 aromatic rings. The minimum Gasteiger partial charge on any atom is -0.307 e. The fraction of sp³-hybridized carbons (Fsp3) is 0.133. The highest BCUT2D eigenvalue weighted by atomic mass is 15.2. The summed E-state index contributed by atoms with van der Waals surface area (Å²) in [4.78, 5) is 13.0. The Kier molecular flexibility index (Phi) is 3.16. The zero-order chi connectivity index (χ0) is 13.9. The molecule has 0 bridgehead atoms. The molecule has 5 nitrogen and oxygen atoms in total. The summed E-state index contributed by atoms with van der Waals surface area (Å²) in [5, 5.41) is 3.12. The number of rotatable bonds is 3. The third-order valence-electron chi connectivity index (χ3n) is 2.86. The molecule has 0 aliphatic rings. The first-order valence-corrected chi connectivity index (χ1v) is 6.39. The van der Waals surface area contributed by atoms with Gasteiger partial charge in [-0.25, -0.2) is 15.0 Å². The van der Waals surface area contributed by atoms with Crippen LogP contribution < -0.4 is 5.32 Å². The van der Waals surface area contributed by atoms with Crippen LogP contribution in [0.25, 0.3) is 5.69 Å². The molecular formula is C15H15N5. The standard InChI is InChI=1S/C15H15N5/c1-11-8-12(2)18-15(17-11)19-14-9-20(10-16-14)13-6-4-3-5-7-13/h3-10H,1-2H3,(H,17,18,19). The number of hydrogen-bond donors (Lipinski definition) is 1. The van der Waals surface area contributed by atoms with Gasteiger partial charge in [0.15, 0.2) is 5.82 Å². The van der Waals surface area contributed by atoms with E-state index >= 15 is 0 Å². The summed E-state index contributed by atoms with van der Waals surface area (Å²) in [6.45, 7) is 3.89. The number of anilines is 2. The van der Waals surface area contributed by atoms with Crippen LogP contribution in [0, 0.1) is 13.8 Å². The van der Waals surface area contributed by atoms with E-state index in [1.165, 1.54) is 0 Å². The molecule has 20 heavy (non-hydrogen) atoms. The highest BCUT2D eigenvalue weighted by Gasteiger charge is 2.04. The van der Waals surface area contributed by atoms with E-state index in [0.29, 0.717) is 5.95 Å². The van der Waals surface area contributed by atoms with Gasteiger partial charge in [0.25, 0.3) is 0 Å². The fourth-order valence-electron chi connectivity index (χ4n) is 2.03. The first kappa shape index (κ1) is 12.3. The van der Waals surface area contributed by atoms with Crippen LogP contribution in [-0.4, -0.2) is 19.5 Å². The molecule has 0 saturated heterocycles. The summed E-state index contributed by atoms with van der Waals surface area (Å²) in [5.41, 5.74) is 2.93. The van der Waals surface area contributed by atoms with E-state index in [1.54, 1.807) is 6.33 Å². The van der Waals surface area contributed by atoms with Gasteiger partial charge >= 0.3 is 0 Å². The number of benzene rings is 1. The molecule has 1 aromatic carbocycles. The van der Waals surface area contributed by atoms with E-state index in [-0.39, 0.29) is 0 Å². The Hall–Kier alpha value is -2.69. The maximum atomic E-state index is 4.34. The van der Waals surface area contributed by atoms with Gasteiger partial charge in [0.2, 0.25) is 5.95 Å². The van der Waals surface area contributed by atoms with E-state index in [1.807, 2.05) is 61.0 Å². The van der Waals surface area contributed by atoms with Crippen molar-refractivity contribution in [1.29, 1.82) is 0 Å². The normalized spacial score (nSPS) is 10.5. The highest BCUT2D eigenvalue weighted by molar-refractivity contribution is 5.48. The molecule has 0 amide bonds. The fourth-order valence-corrected chi connectivity index (χ4v) is 2.03. The molecular weight excluding hydrogens is 250 g/mol. The molecule has 0 saturated carbocycles. The van der Waals surface area contributed by atoms with Crippen molar-refractivity contribution in [2.45, 2.75) is 13.8 Å². The van der Waals surface area contributed by atoms with Gasteiger partial charge in [-0.05, 0) is 32.0 Å². The van der Waals surface area contributed by atoms with Gasteiger partial charge in [-0.1, -0.05) is 18.2 Å². The van der Waals surface area contributed by atoms with Crippen LogP contribution in [0.5, 0.6) is 0 Å². The predicted octanol–water partition coefficient (Wildman–Crippen LogP) is 3.02. The number of nitrogens with one attached hydrogen (secondary N) is 1. The quantitative estimate of drug-likeness (QED) is 0.791. The zero-order valence-corrected chi connectivity index (χ0v) is 11.4. The van der Waals surface area contributed by atoms with Crippen LogP contribution in [0.3, 0.4) is 0 Å². The summed E-state index contributed by atoms with van der Waals surface area (Å²) in [6.07, 6.45) is 3.68. The highest BCUT2D eigenvalue weighted by Crippen LogP contribution is 2.14. The van der Waals surface area contributed by atoms with Crippen LogP contribution in [-0.2, 0) is 0 Å². The van der Waals surface area contributed by atoms with E-state index < -0.39 is 0 Å². The lowest BCUT2D eigenvalue weighted by atomic mass is 10.3. The van der Waals surface area contributed by atoms with Gasteiger partial charge < -0.3 is 9.88 Å². The molecule has 3 rings (SSSR count). The Morgan fingerprint density at radius 2 is 1.70 bits per heavy atom. The summed E-state index contributed by atoms with van der Waals surface area (Å²) in [5.74, 6) is 1.29. The molecule has 100 valence electrons. The lowest BCUT2D eigenvalue weighted by molar-refractivity contribution is 1.05. The lowest BCUT2D eigenvalue weighted by Gasteiger charge is -2.03. The minimum absolute atomic E-state index is 0.570. The second kappa shape index (κ2) is 5.13.